The third-order valence-corrected chi connectivity index (χ3v) is 2.96. The fraction of sp³-hybridized carbons (Fsp3) is 0.500. The Bertz CT molecular complexity index is 385. The lowest BCUT2D eigenvalue weighted by atomic mass is 10.1. The minimum Gasteiger partial charge on any atom is -0.338 e. The van der Waals surface area contributed by atoms with Crippen LogP contribution in [0.5, 0.6) is 0 Å². The number of carbonyl (C=O) groups excluding carboxylic acids is 1. The number of nitrogens with zero attached hydrogens (tertiary/aromatic N) is 2. The first-order valence-corrected chi connectivity index (χ1v) is 5.74. The van der Waals surface area contributed by atoms with E-state index in [9.17, 15) is 9.18 Å². The minimum atomic E-state index is -0.896. The quantitative estimate of drug-likeness (QED) is 0.834. The summed E-state index contributed by atoms with van der Waals surface area (Å²) in [6, 6.07) is 3.06. The second kappa shape index (κ2) is 5.23. The summed E-state index contributed by atoms with van der Waals surface area (Å²) in [4.78, 5) is 17.3. The van der Waals surface area contributed by atoms with Crippen LogP contribution >= 0.6 is 0 Å². The van der Waals surface area contributed by atoms with Crippen molar-refractivity contribution in [1.29, 1.82) is 0 Å². The third-order valence-electron chi connectivity index (χ3n) is 2.96. The summed E-state index contributed by atoms with van der Waals surface area (Å²) in [6.07, 6.45) is 3.33. The van der Waals surface area contributed by atoms with Gasteiger partial charge in [0.15, 0.2) is 0 Å². The van der Waals surface area contributed by atoms with Gasteiger partial charge in [0.1, 0.15) is 6.17 Å². The summed E-state index contributed by atoms with van der Waals surface area (Å²) in [5.41, 5.74) is 6.81. The number of carbonyl (C=O) groups is 1. The van der Waals surface area contributed by atoms with Crippen LogP contribution in [-0.2, 0) is 11.2 Å². The van der Waals surface area contributed by atoms with E-state index in [1.54, 1.807) is 12.4 Å². The Morgan fingerprint density at radius 3 is 2.88 bits per heavy atom. The van der Waals surface area contributed by atoms with E-state index in [1.165, 1.54) is 4.90 Å². The molecule has 2 rings (SSSR count). The molecule has 1 aliphatic rings. The van der Waals surface area contributed by atoms with Crippen LogP contribution in [0, 0.1) is 0 Å². The van der Waals surface area contributed by atoms with Gasteiger partial charge in [-0.3, -0.25) is 9.78 Å². The van der Waals surface area contributed by atoms with Crippen LogP contribution < -0.4 is 5.73 Å². The Kier molecular flexibility index (Phi) is 3.68. The predicted molar refractivity (Wildman–Crippen MR) is 62.0 cm³/mol. The molecular formula is C12H16FN3O. The third kappa shape index (κ3) is 3.00. The molecule has 2 heterocycles. The molecule has 1 fully saturated rings. The van der Waals surface area contributed by atoms with E-state index < -0.39 is 12.2 Å². The van der Waals surface area contributed by atoms with Crippen molar-refractivity contribution in [2.24, 2.45) is 5.73 Å². The standard InChI is InChI=1S/C12H16FN3O/c13-10-3-6-16(8-10)12(17)11(14)7-9-1-4-15-5-2-9/h1-2,4-5,10-11H,3,6-8,14H2/t10-,11?/m0/s1. The van der Waals surface area contributed by atoms with E-state index in [0.29, 0.717) is 19.4 Å². The fourth-order valence-corrected chi connectivity index (χ4v) is 2.01. The van der Waals surface area contributed by atoms with Gasteiger partial charge >= 0.3 is 0 Å². The highest BCUT2D eigenvalue weighted by Crippen LogP contribution is 2.14. The first-order valence-electron chi connectivity index (χ1n) is 5.74. The lowest BCUT2D eigenvalue weighted by Gasteiger charge is -2.20. The molecule has 2 atom stereocenters. The molecule has 0 radical (unpaired) electrons. The van der Waals surface area contributed by atoms with E-state index in [0.717, 1.165) is 5.56 Å². The largest absolute Gasteiger partial charge is 0.338 e. The number of aromatic nitrogens is 1. The maximum Gasteiger partial charge on any atom is 0.239 e. The van der Waals surface area contributed by atoms with Crippen molar-refractivity contribution in [3.63, 3.8) is 0 Å². The highest BCUT2D eigenvalue weighted by Gasteiger charge is 2.28. The molecule has 5 heteroatoms. The SMILES string of the molecule is NC(Cc1ccncc1)C(=O)N1CC[C@H](F)C1. The van der Waals surface area contributed by atoms with Gasteiger partial charge < -0.3 is 10.6 Å². The molecule has 1 aliphatic heterocycles. The van der Waals surface area contributed by atoms with Gasteiger partial charge in [-0.25, -0.2) is 4.39 Å². The first-order chi connectivity index (χ1) is 8.16. The van der Waals surface area contributed by atoms with Gasteiger partial charge in [-0.05, 0) is 30.5 Å². The molecule has 0 spiro atoms. The molecule has 1 unspecified atom stereocenters. The van der Waals surface area contributed by atoms with Gasteiger partial charge in [0.25, 0.3) is 0 Å². The van der Waals surface area contributed by atoms with Crippen molar-refractivity contribution in [2.45, 2.75) is 25.1 Å². The number of hydrogen-bond acceptors (Lipinski definition) is 3. The van der Waals surface area contributed by atoms with Gasteiger partial charge in [-0.1, -0.05) is 0 Å². The number of halogens is 1. The van der Waals surface area contributed by atoms with Gasteiger partial charge in [0, 0.05) is 18.9 Å². The predicted octanol–water partition coefficient (Wildman–Crippen LogP) is 0.522. The average molecular weight is 237 g/mol. The summed E-state index contributed by atoms with van der Waals surface area (Å²) in [7, 11) is 0. The summed E-state index contributed by atoms with van der Waals surface area (Å²) in [5, 5.41) is 0. The van der Waals surface area contributed by atoms with E-state index in [1.807, 2.05) is 12.1 Å². The Hall–Kier alpha value is -1.49. The number of amides is 1. The van der Waals surface area contributed by atoms with Crippen LogP contribution in [0.3, 0.4) is 0 Å². The van der Waals surface area contributed by atoms with Crippen molar-refractivity contribution in [2.75, 3.05) is 13.1 Å². The molecule has 0 aliphatic carbocycles. The zero-order chi connectivity index (χ0) is 12.3. The maximum atomic E-state index is 13.0. The Labute approximate surface area is 99.6 Å². The molecule has 17 heavy (non-hydrogen) atoms. The van der Waals surface area contributed by atoms with E-state index >= 15 is 0 Å². The van der Waals surface area contributed by atoms with E-state index in [-0.39, 0.29) is 12.5 Å². The molecule has 92 valence electrons. The van der Waals surface area contributed by atoms with E-state index in [2.05, 4.69) is 4.98 Å². The molecule has 1 saturated heterocycles. The van der Waals surface area contributed by atoms with Gasteiger partial charge in [0.05, 0.1) is 12.6 Å². The average Bonchev–Trinajstić information content (AvgIpc) is 2.76. The zero-order valence-electron chi connectivity index (χ0n) is 9.55. The summed E-state index contributed by atoms with van der Waals surface area (Å²) in [6.45, 7) is 0.660. The Morgan fingerprint density at radius 2 is 2.29 bits per heavy atom. The van der Waals surface area contributed by atoms with Crippen molar-refractivity contribution in [3.8, 4) is 0 Å². The zero-order valence-corrected chi connectivity index (χ0v) is 9.55. The van der Waals surface area contributed by atoms with Crippen molar-refractivity contribution in [1.82, 2.24) is 9.88 Å². The van der Waals surface area contributed by atoms with Gasteiger partial charge in [-0.2, -0.15) is 0 Å². The van der Waals surface area contributed by atoms with Crippen LogP contribution in [0.2, 0.25) is 0 Å². The van der Waals surface area contributed by atoms with Gasteiger partial charge in [-0.15, -0.1) is 0 Å². The highest BCUT2D eigenvalue weighted by atomic mass is 19.1. The minimum absolute atomic E-state index is 0.165. The molecule has 4 nitrogen and oxygen atoms in total. The van der Waals surface area contributed by atoms with Crippen molar-refractivity contribution >= 4 is 5.91 Å². The molecular weight excluding hydrogens is 221 g/mol. The smallest absolute Gasteiger partial charge is 0.239 e. The number of hydrogen-bond donors (Lipinski definition) is 1. The number of pyridine rings is 1. The van der Waals surface area contributed by atoms with Crippen molar-refractivity contribution in [3.05, 3.63) is 30.1 Å². The molecule has 1 aromatic heterocycles. The fourth-order valence-electron chi connectivity index (χ4n) is 2.01. The number of alkyl halides is 1. The van der Waals surface area contributed by atoms with Crippen molar-refractivity contribution < 1.29 is 9.18 Å². The lowest BCUT2D eigenvalue weighted by Crippen LogP contribution is -2.44. The monoisotopic (exact) mass is 237 g/mol. The second-order valence-corrected chi connectivity index (χ2v) is 4.34. The number of likely N-dealkylation sites (tertiary alicyclic amines) is 1. The van der Waals surface area contributed by atoms with E-state index in [4.69, 9.17) is 5.73 Å². The normalized spacial score (nSPS) is 21.5. The van der Waals surface area contributed by atoms with Crippen LogP contribution in [0.15, 0.2) is 24.5 Å². The van der Waals surface area contributed by atoms with Gasteiger partial charge in [0.2, 0.25) is 5.91 Å². The second-order valence-electron chi connectivity index (χ2n) is 4.34. The number of nitrogens with two attached hydrogens (primary N) is 1. The topological polar surface area (TPSA) is 59.2 Å². The molecule has 1 amide bonds. The Balaban J connectivity index is 1.92. The summed E-state index contributed by atoms with van der Waals surface area (Å²) >= 11 is 0. The molecule has 0 saturated carbocycles. The van der Waals surface area contributed by atoms with Crippen LogP contribution in [0.1, 0.15) is 12.0 Å². The molecule has 0 aromatic carbocycles. The first kappa shape index (κ1) is 12.0. The number of rotatable bonds is 3. The van der Waals surface area contributed by atoms with Crippen LogP contribution in [0.4, 0.5) is 4.39 Å². The maximum absolute atomic E-state index is 13.0. The lowest BCUT2D eigenvalue weighted by molar-refractivity contribution is -0.131. The molecule has 1 aromatic rings. The highest BCUT2D eigenvalue weighted by molar-refractivity contribution is 5.82. The summed E-state index contributed by atoms with van der Waals surface area (Å²) < 4.78 is 13.0. The molecule has 0 bridgehead atoms. The summed E-state index contributed by atoms with van der Waals surface area (Å²) in [5.74, 6) is -0.165. The van der Waals surface area contributed by atoms with Crippen LogP contribution in [-0.4, -0.2) is 41.1 Å². The molecule has 2 N–H and O–H groups in total. The van der Waals surface area contributed by atoms with Crippen LogP contribution in [0.25, 0.3) is 0 Å². The Morgan fingerprint density at radius 1 is 1.59 bits per heavy atom.